The number of carbonyl (C=O) groups is 1. The van der Waals surface area contributed by atoms with Crippen molar-refractivity contribution in [2.75, 3.05) is 31.1 Å². The molecule has 2 fully saturated rings. The van der Waals surface area contributed by atoms with Gasteiger partial charge < -0.3 is 11.1 Å². The third kappa shape index (κ3) is 6.26. The van der Waals surface area contributed by atoms with E-state index in [1.54, 1.807) is 0 Å². The summed E-state index contributed by atoms with van der Waals surface area (Å²) in [5.41, 5.74) is 8.40. The van der Waals surface area contributed by atoms with Crippen molar-refractivity contribution in [2.45, 2.75) is 50.6 Å². The first-order valence-electron chi connectivity index (χ1n) is 9.53. The summed E-state index contributed by atoms with van der Waals surface area (Å²) in [5.74, 6) is 2.36. The number of rotatable bonds is 5. The van der Waals surface area contributed by atoms with Gasteiger partial charge in [0.1, 0.15) is 6.04 Å². The summed E-state index contributed by atoms with van der Waals surface area (Å²) in [6.07, 6.45) is 6.24. The van der Waals surface area contributed by atoms with Crippen LogP contribution in [0.2, 0.25) is 0 Å². The highest BCUT2D eigenvalue weighted by Crippen LogP contribution is 2.35. The van der Waals surface area contributed by atoms with Gasteiger partial charge in [0.2, 0.25) is 5.91 Å². The Bertz CT molecular complexity index is 573. The molecule has 1 saturated carbocycles. The van der Waals surface area contributed by atoms with Gasteiger partial charge in [-0.1, -0.05) is 49.1 Å². The molecule has 1 amide bonds. The van der Waals surface area contributed by atoms with E-state index >= 15 is 0 Å². The molecule has 1 aromatic rings. The van der Waals surface area contributed by atoms with Gasteiger partial charge in [0, 0.05) is 36.7 Å². The minimum Gasteiger partial charge on any atom is -0.353 e. The second kappa shape index (κ2) is 11.5. The normalized spacial score (nSPS) is 20.7. The lowest BCUT2D eigenvalue weighted by Gasteiger charge is -2.48. The average Bonchev–Trinajstić information content (AvgIpc) is 2.67. The molecule has 1 aliphatic heterocycles. The fraction of sp³-hybridized carbons (Fsp3) is 0.650. The average molecular weight is 434 g/mol. The van der Waals surface area contributed by atoms with Crippen molar-refractivity contribution in [3.05, 3.63) is 35.4 Å². The minimum absolute atomic E-state index is 0. The highest BCUT2D eigenvalue weighted by atomic mass is 35.5. The maximum Gasteiger partial charge on any atom is 0.241 e. The lowest BCUT2D eigenvalue weighted by atomic mass is 9.80. The Morgan fingerprint density at radius 1 is 1.15 bits per heavy atom. The molecule has 7 heteroatoms. The molecule has 3 rings (SSSR count). The molecule has 4 nitrogen and oxygen atoms in total. The van der Waals surface area contributed by atoms with E-state index in [1.165, 1.54) is 49.2 Å². The fourth-order valence-electron chi connectivity index (χ4n) is 4.14. The largest absolute Gasteiger partial charge is 0.353 e. The standard InChI is InChI=1S/C20H31N3OS.2ClH/c1-16-5-7-17(8-6-16)18(21)19(24)22-15-20(9-3-2-4-10-20)23-11-13-25-14-12-23;;/h5-8,18H,2-4,9-15,21H2,1H3,(H,22,24);2*1H. The van der Waals surface area contributed by atoms with Crippen LogP contribution in [0.4, 0.5) is 0 Å². The van der Waals surface area contributed by atoms with E-state index in [1.807, 2.05) is 43.0 Å². The van der Waals surface area contributed by atoms with Crippen molar-refractivity contribution in [2.24, 2.45) is 5.73 Å². The van der Waals surface area contributed by atoms with E-state index in [9.17, 15) is 4.79 Å². The lowest BCUT2D eigenvalue weighted by Crippen LogP contribution is -2.59. The first-order valence-corrected chi connectivity index (χ1v) is 10.7. The number of thioether (sulfide) groups is 1. The topological polar surface area (TPSA) is 58.4 Å². The van der Waals surface area contributed by atoms with Gasteiger partial charge >= 0.3 is 0 Å². The Morgan fingerprint density at radius 3 is 2.33 bits per heavy atom. The number of nitrogens with one attached hydrogen (secondary N) is 1. The fourth-order valence-corrected chi connectivity index (χ4v) is 5.04. The predicted octanol–water partition coefficient (Wildman–Crippen LogP) is 3.71. The van der Waals surface area contributed by atoms with E-state index in [0.29, 0.717) is 0 Å². The Kier molecular flexibility index (Phi) is 10.5. The molecule has 1 aromatic carbocycles. The highest BCUT2D eigenvalue weighted by Gasteiger charge is 2.39. The molecule has 0 radical (unpaired) electrons. The Morgan fingerprint density at radius 2 is 1.74 bits per heavy atom. The number of halogens is 2. The first-order chi connectivity index (χ1) is 12.1. The van der Waals surface area contributed by atoms with Gasteiger partial charge in [0.25, 0.3) is 0 Å². The van der Waals surface area contributed by atoms with Gasteiger partial charge in [-0.15, -0.1) is 24.8 Å². The Labute approximate surface area is 180 Å². The van der Waals surface area contributed by atoms with Gasteiger partial charge in [-0.2, -0.15) is 11.8 Å². The molecule has 1 aliphatic carbocycles. The molecule has 27 heavy (non-hydrogen) atoms. The summed E-state index contributed by atoms with van der Waals surface area (Å²) in [4.78, 5) is 15.3. The van der Waals surface area contributed by atoms with Gasteiger partial charge in [0.05, 0.1) is 0 Å². The van der Waals surface area contributed by atoms with E-state index in [4.69, 9.17) is 5.73 Å². The summed E-state index contributed by atoms with van der Waals surface area (Å²) < 4.78 is 0. The molecule has 154 valence electrons. The van der Waals surface area contributed by atoms with Crippen LogP contribution in [0.3, 0.4) is 0 Å². The second-order valence-electron chi connectivity index (χ2n) is 7.49. The van der Waals surface area contributed by atoms with Crippen LogP contribution in [0.1, 0.15) is 49.3 Å². The zero-order chi connectivity index (χ0) is 17.7. The maximum atomic E-state index is 12.6. The van der Waals surface area contributed by atoms with Gasteiger partial charge in [0.15, 0.2) is 0 Å². The van der Waals surface area contributed by atoms with E-state index < -0.39 is 6.04 Å². The van der Waals surface area contributed by atoms with Crippen molar-refractivity contribution in [3.63, 3.8) is 0 Å². The van der Waals surface area contributed by atoms with Crippen molar-refractivity contribution in [1.82, 2.24) is 10.2 Å². The Balaban J connectivity index is 0.00000182. The molecule has 1 atom stereocenters. The van der Waals surface area contributed by atoms with E-state index in [-0.39, 0.29) is 36.3 Å². The third-order valence-corrected chi connectivity index (χ3v) is 6.72. The summed E-state index contributed by atoms with van der Waals surface area (Å²) in [6.45, 7) is 5.06. The van der Waals surface area contributed by atoms with Crippen LogP contribution in [-0.4, -0.2) is 47.5 Å². The van der Waals surface area contributed by atoms with Crippen molar-refractivity contribution < 1.29 is 4.79 Å². The number of benzene rings is 1. The number of nitrogens with zero attached hydrogens (tertiary/aromatic N) is 1. The van der Waals surface area contributed by atoms with E-state index in [0.717, 1.165) is 25.2 Å². The summed E-state index contributed by atoms with van der Waals surface area (Å²) in [5, 5.41) is 3.19. The summed E-state index contributed by atoms with van der Waals surface area (Å²) in [7, 11) is 0. The SMILES string of the molecule is Cc1ccc(C(N)C(=O)NCC2(N3CCSCC3)CCCCC2)cc1.Cl.Cl. The highest BCUT2D eigenvalue weighted by molar-refractivity contribution is 7.99. The molecule has 3 N–H and O–H groups in total. The molecule has 0 bridgehead atoms. The quantitative estimate of drug-likeness (QED) is 0.742. The smallest absolute Gasteiger partial charge is 0.241 e. The van der Waals surface area contributed by atoms with Crippen LogP contribution in [0, 0.1) is 6.92 Å². The molecule has 1 unspecified atom stereocenters. The first kappa shape index (κ1) is 24.6. The van der Waals surface area contributed by atoms with E-state index in [2.05, 4.69) is 10.2 Å². The molecule has 0 aromatic heterocycles. The number of hydrogen-bond acceptors (Lipinski definition) is 4. The number of hydrogen-bond donors (Lipinski definition) is 2. The third-order valence-electron chi connectivity index (χ3n) is 5.78. The van der Waals surface area contributed by atoms with Crippen molar-refractivity contribution in [1.29, 1.82) is 0 Å². The molecular weight excluding hydrogens is 401 g/mol. The van der Waals surface area contributed by atoms with Crippen LogP contribution >= 0.6 is 36.6 Å². The molecule has 1 heterocycles. The van der Waals surface area contributed by atoms with Crippen LogP contribution in [0.25, 0.3) is 0 Å². The van der Waals surface area contributed by atoms with Gasteiger partial charge in [-0.25, -0.2) is 0 Å². The molecule has 0 spiro atoms. The number of aryl methyl sites for hydroxylation is 1. The zero-order valence-electron chi connectivity index (χ0n) is 16.1. The van der Waals surface area contributed by atoms with Crippen LogP contribution < -0.4 is 11.1 Å². The zero-order valence-corrected chi connectivity index (χ0v) is 18.6. The second-order valence-corrected chi connectivity index (χ2v) is 8.72. The number of amides is 1. The number of nitrogens with two attached hydrogens (primary N) is 1. The maximum absolute atomic E-state index is 12.6. The van der Waals surface area contributed by atoms with Gasteiger partial charge in [-0.3, -0.25) is 9.69 Å². The molecule has 1 saturated heterocycles. The minimum atomic E-state index is -0.585. The van der Waals surface area contributed by atoms with Crippen LogP contribution in [0.15, 0.2) is 24.3 Å². The molecule has 2 aliphatic rings. The van der Waals surface area contributed by atoms with Crippen LogP contribution in [-0.2, 0) is 4.79 Å². The van der Waals surface area contributed by atoms with Crippen molar-refractivity contribution >= 4 is 42.5 Å². The lowest BCUT2D eigenvalue weighted by molar-refractivity contribution is -0.123. The van der Waals surface area contributed by atoms with Crippen LogP contribution in [0.5, 0.6) is 0 Å². The predicted molar refractivity (Wildman–Crippen MR) is 120 cm³/mol. The number of carbonyl (C=O) groups excluding carboxylic acids is 1. The summed E-state index contributed by atoms with van der Waals surface area (Å²) >= 11 is 2.04. The van der Waals surface area contributed by atoms with Crippen molar-refractivity contribution in [3.8, 4) is 0 Å². The Hall–Kier alpha value is -0.460. The molecular formula is C20H33Cl2N3OS. The van der Waals surface area contributed by atoms with Gasteiger partial charge in [-0.05, 0) is 25.3 Å². The summed E-state index contributed by atoms with van der Waals surface area (Å²) in [6, 6.07) is 7.35. The monoisotopic (exact) mass is 433 g/mol.